The summed E-state index contributed by atoms with van der Waals surface area (Å²) in [6.07, 6.45) is 3.34. The Bertz CT molecular complexity index is 807. The summed E-state index contributed by atoms with van der Waals surface area (Å²) < 4.78 is 26.9. The van der Waals surface area contributed by atoms with Gasteiger partial charge >= 0.3 is 11.9 Å². The van der Waals surface area contributed by atoms with Crippen LogP contribution in [-0.4, -0.2) is 25.8 Å². The van der Waals surface area contributed by atoms with Gasteiger partial charge in [0.2, 0.25) is 12.5 Å². The van der Waals surface area contributed by atoms with Crippen molar-refractivity contribution >= 4 is 11.9 Å². The number of hydrogen-bond donors (Lipinski definition) is 0. The van der Waals surface area contributed by atoms with Crippen molar-refractivity contribution in [1.29, 1.82) is 0 Å². The average molecular weight is 390 g/mol. The summed E-state index contributed by atoms with van der Waals surface area (Å²) in [5.41, 5.74) is 0.512. The summed E-state index contributed by atoms with van der Waals surface area (Å²) in [6.45, 7) is 8.54. The highest BCUT2D eigenvalue weighted by molar-refractivity contribution is 5.87. The zero-order valence-corrected chi connectivity index (χ0v) is 17.0. The van der Waals surface area contributed by atoms with Gasteiger partial charge in [-0.25, -0.2) is 0 Å². The van der Waals surface area contributed by atoms with Gasteiger partial charge in [-0.2, -0.15) is 0 Å². The molecule has 7 heteroatoms. The molecule has 7 nitrogen and oxygen atoms in total. The van der Waals surface area contributed by atoms with E-state index in [0.717, 1.165) is 0 Å². The molecule has 0 fully saturated rings. The first-order chi connectivity index (χ1) is 13.3. The maximum Gasteiger partial charge on any atom is 0.319 e. The standard InChI is InChI=1S/C21H26O7/c1-7-12(3)27-20(22)14(5)18(21(23)28-13(4)8-2)15-9-16(24-6)19-17(10-15)25-11-26-19/h7-10,14,18H,11H2,1-6H3. The van der Waals surface area contributed by atoms with Crippen LogP contribution in [-0.2, 0) is 19.1 Å². The summed E-state index contributed by atoms with van der Waals surface area (Å²) in [5.74, 6) is -0.623. The Morgan fingerprint density at radius 1 is 1.04 bits per heavy atom. The van der Waals surface area contributed by atoms with E-state index in [-0.39, 0.29) is 6.79 Å². The van der Waals surface area contributed by atoms with E-state index >= 15 is 0 Å². The van der Waals surface area contributed by atoms with E-state index in [1.165, 1.54) is 7.11 Å². The van der Waals surface area contributed by atoms with Crippen molar-refractivity contribution in [2.24, 2.45) is 5.92 Å². The summed E-state index contributed by atoms with van der Waals surface area (Å²) >= 11 is 0. The second kappa shape index (κ2) is 9.30. The van der Waals surface area contributed by atoms with Crippen LogP contribution in [0, 0.1) is 5.92 Å². The van der Waals surface area contributed by atoms with E-state index < -0.39 is 23.8 Å². The van der Waals surface area contributed by atoms with Crippen LogP contribution >= 0.6 is 0 Å². The fourth-order valence-corrected chi connectivity index (χ4v) is 2.69. The zero-order valence-electron chi connectivity index (χ0n) is 17.0. The number of esters is 2. The van der Waals surface area contributed by atoms with Crippen molar-refractivity contribution < 1.29 is 33.3 Å². The topological polar surface area (TPSA) is 80.3 Å². The lowest BCUT2D eigenvalue weighted by molar-refractivity contribution is -0.152. The molecule has 0 saturated heterocycles. The quantitative estimate of drug-likeness (QED) is 0.513. The van der Waals surface area contributed by atoms with Crippen molar-refractivity contribution in [1.82, 2.24) is 0 Å². The largest absolute Gasteiger partial charge is 0.493 e. The minimum atomic E-state index is -0.921. The first-order valence-corrected chi connectivity index (χ1v) is 8.99. The molecule has 0 aliphatic carbocycles. The molecule has 1 heterocycles. The highest BCUT2D eigenvalue weighted by Gasteiger charge is 2.36. The molecule has 2 rings (SSSR count). The normalized spacial score (nSPS) is 15.6. The van der Waals surface area contributed by atoms with Crippen LogP contribution < -0.4 is 14.2 Å². The molecule has 0 aromatic heterocycles. The van der Waals surface area contributed by atoms with Crippen molar-refractivity contribution in [3.05, 3.63) is 41.4 Å². The molecule has 2 atom stereocenters. The van der Waals surface area contributed by atoms with E-state index in [0.29, 0.717) is 34.3 Å². The number of fused-ring (bicyclic) bond motifs is 1. The SMILES string of the molecule is CC=C(C)OC(=O)C(C)C(C(=O)OC(C)=CC)c1cc(OC)c2c(c1)OCO2. The lowest BCUT2D eigenvalue weighted by Gasteiger charge is -2.22. The maximum absolute atomic E-state index is 12.9. The van der Waals surface area contributed by atoms with E-state index in [2.05, 4.69) is 0 Å². The second-order valence-corrected chi connectivity index (χ2v) is 6.36. The highest BCUT2D eigenvalue weighted by atomic mass is 16.7. The third-order valence-electron chi connectivity index (χ3n) is 4.50. The number of rotatable bonds is 7. The lowest BCUT2D eigenvalue weighted by atomic mass is 9.86. The molecule has 0 saturated carbocycles. The number of ether oxygens (including phenoxy) is 5. The highest BCUT2D eigenvalue weighted by Crippen LogP contribution is 2.44. The summed E-state index contributed by atoms with van der Waals surface area (Å²) in [4.78, 5) is 25.5. The Morgan fingerprint density at radius 3 is 2.21 bits per heavy atom. The molecule has 28 heavy (non-hydrogen) atoms. The van der Waals surface area contributed by atoms with E-state index in [1.54, 1.807) is 58.9 Å². The number of methoxy groups -OCH3 is 1. The fourth-order valence-electron chi connectivity index (χ4n) is 2.69. The van der Waals surface area contributed by atoms with Gasteiger partial charge in [-0.1, -0.05) is 6.92 Å². The summed E-state index contributed by atoms with van der Waals surface area (Å²) in [6, 6.07) is 3.31. The molecule has 1 aromatic carbocycles. The Morgan fingerprint density at radius 2 is 1.64 bits per heavy atom. The van der Waals surface area contributed by atoms with Crippen LogP contribution in [0.25, 0.3) is 0 Å². The van der Waals surface area contributed by atoms with E-state index in [1.807, 2.05) is 0 Å². The fraction of sp³-hybridized carbons (Fsp3) is 0.429. The molecule has 0 bridgehead atoms. The molecule has 1 aliphatic heterocycles. The van der Waals surface area contributed by atoms with Crippen molar-refractivity contribution in [2.75, 3.05) is 13.9 Å². The average Bonchev–Trinajstić information content (AvgIpc) is 3.15. The second-order valence-electron chi connectivity index (χ2n) is 6.36. The Kier molecular flexibility index (Phi) is 7.09. The molecule has 152 valence electrons. The van der Waals surface area contributed by atoms with Crippen molar-refractivity contribution in [3.8, 4) is 17.2 Å². The predicted octanol–water partition coefficient (Wildman–Crippen LogP) is 4.08. The minimum absolute atomic E-state index is 0.0556. The summed E-state index contributed by atoms with van der Waals surface area (Å²) in [5, 5.41) is 0. The lowest BCUT2D eigenvalue weighted by Crippen LogP contribution is -2.28. The molecule has 0 spiro atoms. The van der Waals surface area contributed by atoms with Crippen LogP contribution in [0.4, 0.5) is 0 Å². The predicted molar refractivity (Wildman–Crippen MR) is 102 cm³/mol. The number of benzene rings is 1. The van der Waals surface area contributed by atoms with E-state index in [4.69, 9.17) is 23.7 Å². The van der Waals surface area contributed by atoms with Crippen LogP contribution in [0.5, 0.6) is 17.2 Å². The molecule has 1 aromatic rings. The van der Waals surface area contributed by atoms with Gasteiger partial charge in [0.25, 0.3) is 0 Å². The monoisotopic (exact) mass is 390 g/mol. The smallest absolute Gasteiger partial charge is 0.319 e. The van der Waals surface area contributed by atoms with Crippen molar-refractivity contribution in [2.45, 2.75) is 40.5 Å². The number of hydrogen-bond acceptors (Lipinski definition) is 7. The van der Waals surface area contributed by atoms with Gasteiger partial charge in [0, 0.05) is 0 Å². The van der Waals surface area contributed by atoms with Gasteiger partial charge in [0.15, 0.2) is 11.5 Å². The third-order valence-corrected chi connectivity index (χ3v) is 4.50. The van der Waals surface area contributed by atoms with Gasteiger partial charge in [-0.15, -0.1) is 0 Å². The molecule has 0 radical (unpaired) electrons. The molecular weight excluding hydrogens is 364 g/mol. The number of allylic oxidation sites excluding steroid dienone is 4. The molecule has 2 unspecified atom stereocenters. The van der Waals surface area contributed by atoms with E-state index in [9.17, 15) is 9.59 Å². The first-order valence-electron chi connectivity index (χ1n) is 8.99. The number of carbonyl (C=O) groups excluding carboxylic acids is 2. The van der Waals surface area contributed by atoms with Crippen LogP contribution in [0.3, 0.4) is 0 Å². The van der Waals surface area contributed by atoms with Crippen LogP contribution in [0.2, 0.25) is 0 Å². The van der Waals surface area contributed by atoms with Gasteiger partial charge in [-0.05, 0) is 57.5 Å². The zero-order chi connectivity index (χ0) is 20.8. The molecule has 0 N–H and O–H groups in total. The van der Waals surface area contributed by atoms with Crippen LogP contribution in [0.1, 0.15) is 46.1 Å². The molecule has 1 aliphatic rings. The molecular formula is C21H26O7. The Balaban J connectivity index is 2.46. The first kappa shape index (κ1) is 21.3. The van der Waals surface area contributed by atoms with Gasteiger partial charge in [0.1, 0.15) is 11.5 Å². The summed E-state index contributed by atoms with van der Waals surface area (Å²) in [7, 11) is 1.49. The Labute approximate surface area is 164 Å². The third kappa shape index (κ3) is 4.65. The van der Waals surface area contributed by atoms with Gasteiger partial charge in [0.05, 0.1) is 18.9 Å². The Hall–Kier alpha value is -2.96. The minimum Gasteiger partial charge on any atom is -0.493 e. The van der Waals surface area contributed by atoms with Crippen molar-refractivity contribution in [3.63, 3.8) is 0 Å². The van der Waals surface area contributed by atoms with Gasteiger partial charge in [-0.3, -0.25) is 9.59 Å². The van der Waals surface area contributed by atoms with Gasteiger partial charge < -0.3 is 23.7 Å². The van der Waals surface area contributed by atoms with Crippen LogP contribution in [0.15, 0.2) is 35.8 Å². The maximum atomic E-state index is 12.9. The number of carbonyl (C=O) groups is 2. The molecule has 0 amide bonds.